The molecule has 0 aliphatic rings. The SMILES string of the molecule is [C-]#[N+]c1ccc2c3ccc(C#N)cc3n(-c3ccc(-c4ncc(C#N)cn4)cc3-c3ncc(C#N)cn3)c2c1. The molecule has 0 radical (unpaired) electrons. The molecule has 0 bridgehead atoms. The number of fused-ring (bicyclic) bond motifs is 3. The Bertz CT molecular complexity index is 2020. The maximum atomic E-state index is 9.62. The molecular weight excluding hydrogens is 486 g/mol. The molecule has 3 aromatic carbocycles. The minimum atomic E-state index is 0.323. The minimum Gasteiger partial charge on any atom is -0.310 e. The molecule has 0 atom stereocenters. The highest BCUT2D eigenvalue weighted by molar-refractivity contribution is 6.11. The number of nitrogens with zero attached hydrogens (tertiary/aromatic N) is 9. The quantitative estimate of drug-likeness (QED) is 0.278. The Morgan fingerprint density at radius 2 is 1.23 bits per heavy atom. The standard InChI is InChI=1S/C30H13N9/c1-34-22-4-6-24-23-5-2-18(11-31)8-27(23)39(28(24)10-22)26-7-3-21(29-35-14-19(12-32)15-36-29)9-25(26)30-37-16-20(13-33)17-38-30/h2-10,14-17H. The second kappa shape index (κ2) is 9.22. The summed E-state index contributed by atoms with van der Waals surface area (Å²) in [4.78, 5) is 21.2. The molecule has 0 saturated heterocycles. The van der Waals surface area contributed by atoms with Crippen LogP contribution in [0.4, 0.5) is 5.69 Å². The Balaban J connectivity index is 1.69. The molecule has 6 aromatic rings. The third-order valence-corrected chi connectivity index (χ3v) is 6.31. The molecule has 0 amide bonds. The van der Waals surface area contributed by atoms with Crippen LogP contribution in [0.15, 0.2) is 79.4 Å². The van der Waals surface area contributed by atoms with E-state index in [1.54, 1.807) is 12.1 Å². The van der Waals surface area contributed by atoms with Crippen LogP contribution in [0, 0.1) is 40.6 Å². The van der Waals surface area contributed by atoms with Gasteiger partial charge < -0.3 is 4.57 Å². The van der Waals surface area contributed by atoms with Crippen molar-refractivity contribution in [3.8, 4) is 46.7 Å². The maximum absolute atomic E-state index is 9.62. The molecule has 0 saturated carbocycles. The molecule has 39 heavy (non-hydrogen) atoms. The van der Waals surface area contributed by atoms with Crippen LogP contribution < -0.4 is 0 Å². The van der Waals surface area contributed by atoms with Gasteiger partial charge in [0.25, 0.3) is 0 Å². The Labute approximate surface area is 222 Å². The molecule has 178 valence electrons. The van der Waals surface area contributed by atoms with Gasteiger partial charge in [-0.3, -0.25) is 0 Å². The summed E-state index contributed by atoms with van der Waals surface area (Å²) in [6.45, 7) is 7.55. The predicted octanol–water partition coefficient (Wildman–Crippen LogP) is 5.86. The van der Waals surface area contributed by atoms with Crippen LogP contribution in [-0.2, 0) is 0 Å². The molecule has 0 aliphatic heterocycles. The van der Waals surface area contributed by atoms with E-state index in [0.717, 1.165) is 21.8 Å². The highest BCUT2D eigenvalue weighted by Crippen LogP contribution is 2.38. The monoisotopic (exact) mass is 499 g/mol. The zero-order valence-electron chi connectivity index (χ0n) is 20.0. The number of hydrogen-bond acceptors (Lipinski definition) is 7. The summed E-state index contributed by atoms with van der Waals surface area (Å²) in [7, 11) is 0. The summed E-state index contributed by atoms with van der Waals surface area (Å²) in [5.74, 6) is 0.784. The van der Waals surface area contributed by atoms with E-state index in [1.807, 2.05) is 59.2 Å². The van der Waals surface area contributed by atoms with Crippen molar-refractivity contribution in [2.45, 2.75) is 0 Å². The van der Waals surface area contributed by atoms with Gasteiger partial charge in [0.05, 0.1) is 40.5 Å². The largest absolute Gasteiger partial charge is 0.310 e. The Kier molecular flexibility index (Phi) is 5.44. The van der Waals surface area contributed by atoms with Crippen molar-refractivity contribution >= 4 is 27.5 Å². The molecular formula is C30H13N9. The van der Waals surface area contributed by atoms with Gasteiger partial charge in [0.15, 0.2) is 17.3 Å². The summed E-state index contributed by atoms with van der Waals surface area (Å²) < 4.78 is 1.99. The fourth-order valence-electron chi connectivity index (χ4n) is 4.51. The van der Waals surface area contributed by atoms with Crippen LogP contribution in [0.5, 0.6) is 0 Å². The Morgan fingerprint density at radius 3 is 1.85 bits per heavy atom. The van der Waals surface area contributed by atoms with Gasteiger partial charge in [0, 0.05) is 52.2 Å². The zero-order chi connectivity index (χ0) is 26.9. The van der Waals surface area contributed by atoms with E-state index in [2.05, 4.69) is 30.9 Å². The molecule has 0 unspecified atom stereocenters. The summed E-state index contributed by atoms with van der Waals surface area (Å²) >= 11 is 0. The second-order valence-electron chi connectivity index (χ2n) is 8.54. The summed E-state index contributed by atoms with van der Waals surface area (Å²) in [5, 5.41) is 29.8. The Morgan fingerprint density at radius 1 is 0.641 bits per heavy atom. The second-order valence-corrected chi connectivity index (χ2v) is 8.54. The summed E-state index contributed by atoms with van der Waals surface area (Å²) in [5.41, 5.74) is 5.21. The molecule has 0 N–H and O–H groups in total. The van der Waals surface area contributed by atoms with Gasteiger partial charge in [-0.2, -0.15) is 15.8 Å². The van der Waals surface area contributed by atoms with Crippen LogP contribution >= 0.6 is 0 Å². The van der Waals surface area contributed by atoms with E-state index >= 15 is 0 Å². The third-order valence-electron chi connectivity index (χ3n) is 6.31. The van der Waals surface area contributed by atoms with Gasteiger partial charge in [-0.15, -0.1) is 0 Å². The van der Waals surface area contributed by atoms with Crippen molar-refractivity contribution in [3.63, 3.8) is 0 Å². The van der Waals surface area contributed by atoms with Gasteiger partial charge in [-0.1, -0.05) is 18.2 Å². The zero-order valence-corrected chi connectivity index (χ0v) is 20.0. The topological polar surface area (TPSA) is 132 Å². The van der Waals surface area contributed by atoms with Gasteiger partial charge >= 0.3 is 0 Å². The van der Waals surface area contributed by atoms with E-state index < -0.39 is 0 Å². The van der Waals surface area contributed by atoms with E-state index in [1.165, 1.54) is 24.8 Å². The lowest BCUT2D eigenvalue weighted by molar-refractivity contribution is 1.12. The van der Waals surface area contributed by atoms with Crippen LogP contribution in [0.2, 0.25) is 0 Å². The van der Waals surface area contributed by atoms with Crippen LogP contribution in [0.1, 0.15) is 16.7 Å². The third kappa shape index (κ3) is 3.86. The van der Waals surface area contributed by atoms with Crippen molar-refractivity contribution in [1.82, 2.24) is 24.5 Å². The lowest BCUT2D eigenvalue weighted by atomic mass is 10.1. The van der Waals surface area contributed by atoms with Crippen molar-refractivity contribution in [1.29, 1.82) is 15.8 Å². The van der Waals surface area contributed by atoms with Gasteiger partial charge in [-0.05, 0) is 36.4 Å². The molecule has 3 aromatic heterocycles. The molecule has 3 heterocycles. The number of nitriles is 3. The number of hydrogen-bond donors (Lipinski definition) is 0. The molecule has 0 spiro atoms. The molecule has 0 aliphatic carbocycles. The number of benzene rings is 3. The lowest BCUT2D eigenvalue weighted by Crippen LogP contribution is -2.01. The lowest BCUT2D eigenvalue weighted by Gasteiger charge is -2.15. The van der Waals surface area contributed by atoms with Crippen LogP contribution in [-0.4, -0.2) is 24.5 Å². The first-order valence-electron chi connectivity index (χ1n) is 11.6. The number of rotatable bonds is 3. The fraction of sp³-hybridized carbons (Fsp3) is 0. The molecule has 9 nitrogen and oxygen atoms in total. The van der Waals surface area contributed by atoms with Gasteiger partial charge in [0.1, 0.15) is 12.1 Å². The maximum Gasteiger partial charge on any atom is 0.189 e. The smallest absolute Gasteiger partial charge is 0.189 e. The van der Waals surface area contributed by atoms with Crippen molar-refractivity contribution in [3.05, 3.63) is 107 Å². The average Bonchev–Trinajstić information content (AvgIpc) is 3.33. The highest BCUT2D eigenvalue weighted by atomic mass is 15.0. The van der Waals surface area contributed by atoms with E-state index in [4.69, 9.17) is 11.8 Å². The van der Waals surface area contributed by atoms with Crippen molar-refractivity contribution < 1.29 is 0 Å². The normalized spacial score (nSPS) is 10.5. The summed E-state index contributed by atoms with van der Waals surface area (Å²) in [6, 6.07) is 22.8. The van der Waals surface area contributed by atoms with E-state index in [0.29, 0.717) is 50.8 Å². The van der Waals surface area contributed by atoms with E-state index in [9.17, 15) is 10.5 Å². The van der Waals surface area contributed by atoms with Crippen molar-refractivity contribution in [2.75, 3.05) is 0 Å². The van der Waals surface area contributed by atoms with Gasteiger partial charge in [-0.25, -0.2) is 24.8 Å². The first-order chi connectivity index (χ1) is 19.1. The first kappa shape index (κ1) is 23.0. The molecule has 9 heteroatoms. The first-order valence-corrected chi connectivity index (χ1v) is 11.6. The van der Waals surface area contributed by atoms with Crippen molar-refractivity contribution in [2.24, 2.45) is 0 Å². The highest BCUT2D eigenvalue weighted by Gasteiger charge is 2.19. The van der Waals surface area contributed by atoms with Gasteiger partial charge in [0.2, 0.25) is 0 Å². The molecule has 6 rings (SSSR count). The van der Waals surface area contributed by atoms with E-state index in [-0.39, 0.29) is 0 Å². The average molecular weight is 499 g/mol. The summed E-state index contributed by atoms with van der Waals surface area (Å²) in [6.07, 6.45) is 5.81. The predicted molar refractivity (Wildman–Crippen MR) is 143 cm³/mol. The minimum absolute atomic E-state index is 0.323. The van der Waals surface area contributed by atoms with Crippen LogP contribution in [0.25, 0.3) is 55.1 Å². The number of aromatic nitrogens is 5. The fourth-order valence-corrected chi connectivity index (χ4v) is 4.51. The van der Waals surface area contributed by atoms with Crippen LogP contribution in [0.3, 0.4) is 0 Å². The Hall–Kier alpha value is -6.42. The molecule has 0 fully saturated rings.